The monoisotopic (exact) mass is 242 g/mol. The summed E-state index contributed by atoms with van der Waals surface area (Å²) in [5.74, 6) is 0.819. The Hall–Kier alpha value is -1.80. The van der Waals surface area contributed by atoms with E-state index in [0.29, 0.717) is 0 Å². The van der Waals surface area contributed by atoms with Gasteiger partial charge in [0.2, 0.25) is 0 Å². The lowest BCUT2D eigenvalue weighted by Crippen LogP contribution is -1.83. The maximum atomic E-state index is 6.20. The maximum Gasteiger partial charge on any atom is 0.140 e. The number of nitrogens with one attached hydrogen (secondary N) is 1. The number of halogens is 1. The summed E-state index contributed by atoms with van der Waals surface area (Å²) in [4.78, 5) is 7.83. The fraction of sp³-hybridized carbons (Fsp3) is 0.0714. The van der Waals surface area contributed by atoms with Crippen LogP contribution in [0.2, 0.25) is 5.02 Å². The lowest BCUT2D eigenvalue weighted by molar-refractivity contribution is 1.32. The van der Waals surface area contributed by atoms with Gasteiger partial charge in [0.05, 0.1) is 16.1 Å². The zero-order valence-corrected chi connectivity index (χ0v) is 10.1. The fourth-order valence-electron chi connectivity index (χ4n) is 1.90. The molecule has 0 aliphatic carbocycles. The molecule has 0 amide bonds. The quantitative estimate of drug-likeness (QED) is 0.681. The fourth-order valence-corrected chi connectivity index (χ4v) is 2.11. The number of para-hydroxylation sites is 2. The van der Waals surface area contributed by atoms with E-state index in [1.54, 1.807) is 0 Å². The van der Waals surface area contributed by atoms with Gasteiger partial charge in [-0.3, -0.25) is 0 Å². The Labute approximate surface area is 104 Å². The zero-order valence-electron chi connectivity index (χ0n) is 9.37. The third kappa shape index (κ3) is 1.81. The molecule has 3 aromatic rings. The van der Waals surface area contributed by atoms with E-state index >= 15 is 0 Å². The molecule has 0 atom stereocenters. The molecular formula is C14H11ClN2. The number of aryl methyl sites for hydroxylation is 1. The average molecular weight is 243 g/mol. The molecule has 0 aliphatic rings. The minimum atomic E-state index is 0.717. The number of hydrogen-bond acceptors (Lipinski definition) is 1. The van der Waals surface area contributed by atoms with Gasteiger partial charge < -0.3 is 4.98 Å². The summed E-state index contributed by atoms with van der Waals surface area (Å²) in [6.07, 6.45) is 0. The summed E-state index contributed by atoms with van der Waals surface area (Å²) < 4.78 is 0. The van der Waals surface area contributed by atoms with Crippen molar-refractivity contribution in [1.82, 2.24) is 9.97 Å². The van der Waals surface area contributed by atoms with Crippen LogP contribution in [0.3, 0.4) is 0 Å². The van der Waals surface area contributed by atoms with Crippen LogP contribution in [0.1, 0.15) is 5.56 Å². The number of fused-ring (bicyclic) bond motifs is 1. The van der Waals surface area contributed by atoms with E-state index in [1.807, 2.05) is 49.4 Å². The van der Waals surface area contributed by atoms with E-state index in [2.05, 4.69) is 9.97 Å². The molecule has 0 unspecified atom stereocenters. The van der Waals surface area contributed by atoms with Crippen LogP contribution < -0.4 is 0 Å². The summed E-state index contributed by atoms with van der Waals surface area (Å²) in [5, 5.41) is 0.717. The molecule has 0 radical (unpaired) electrons. The maximum absolute atomic E-state index is 6.20. The van der Waals surface area contributed by atoms with Crippen LogP contribution in [0.4, 0.5) is 0 Å². The standard InChI is InChI=1S/C14H11ClN2/c1-9-6-7-11(15)10(8-9)14-16-12-4-2-3-5-13(12)17-14/h2-8H,1H3,(H,16,17). The highest BCUT2D eigenvalue weighted by atomic mass is 35.5. The van der Waals surface area contributed by atoms with Crippen LogP contribution in [-0.4, -0.2) is 9.97 Å². The number of nitrogens with zero attached hydrogens (tertiary/aromatic N) is 1. The van der Waals surface area contributed by atoms with Gasteiger partial charge in [-0.1, -0.05) is 35.4 Å². The molecule has 0 bridgehead atoms. The van der Waals surface area contributed by atoms with E-state index in [0.717, 1.165) is 27.4 Å². The summed E-state index contributed by atoms with van der Waals surface area (Å²) >= 11 is 6.20. The normalized spacial score (nSPS) is 10.9. The molecule has 84 valence electrons. The first-order chi connectivity index (χ1) is 8.24. The van der Waals surface area contributed by atoms with Gasteiger partial charge >= 0.3 is 0 Å². The predicted octanol–water partition coefficient (Wildman–Crippen LogP) is 4.19. The number of H-pyrrole nitrogens is 1. The van der Waals surface area contributed by atoms with E-state index in [1.165, 1.54) is 5.56 Å². The van der Waals surface area contributed by atoms with Crippen LogP contribution in [0.25, 0.3) is 22.4 Å². The van der Waals surface area contributed by atoms with Crippen molar-refractivity contribution in [1.29, 1.82) is 0 Å². The Morgan fingerprint density at radius 2 is 1.94 bits per heavy atom. The molecule has 0 spiro atoms. The minimum Gasteiger partial charge on any atom is -0.338 e. The van der Waals surface area contributed by atoms with Crippen LogP contribution >= 0.6 is 11.6 Å². The molecule has 0 fully saturated rings. The number of aromatic nitrogens is 2. The zero-order chi connectivity index (χ0) is 11.8. The van der Waals surface area contributed by atoms with Crippen molar-refractivity contribution in [3.05, 3.63) is 53.1 Å². The second kappa shape index (κ2) is 3.90. The van der Waals surface area contributed by atoms with Gasteiger partial charge in [0, 0.05) is 5.56 Å². The van der Waals surface area contributed by atoms with Gasteiger partial charge in [-0.2, -0.15) is 0 Å². The van der Waals surface area contributed by atoms with Crippen molar-refractivity contribution in [2.45, 2.75) is 6.92 Å². The number of aromatic amines is 1. The smallest absolute Gasteiger partial charge is 0.140 e. The van der Waals surface area contributed by atoms with Gasteiger partial charge in [-0.05, 0) is 31.2 Å². The van der Waals surface area contributed by atoms with Crippen LogP contribution in [0.15, 0.2) is 42.5 Å². The van der Waals surface area contributed by atoms with E-state index in [-0.39, 0.29) is 0 Å². The first kappa shape index (κ1) is 10.4. The second-order valence-corrected chi connectivity index (χ2v) is 4.49. The van der Waals surface area contributed by atoms with Crippen LogP contribution in [0.5, 0.6) is 0 Å². The van der Waals surface area contributed by atoms with Gasteiger partial charge in [0.15, 0.2) is 0 Å². The number of hydrogen-bond donors (Lipinski definition) is 1. The molecule has 1 N–H and O–H groups in total. The summed E-state index contributed by atoms with van der Waals surface area (Å²) in [6, 6.07) is 13.9. The first-order valence-corrected chi connectivity index (χ1v) is 5.83. The molecule has 3 heteroatoms. The highest BCUT2D eigenvalue weighted by Crippen LogP contribution is 2.28. The molecule has 0 saturated carbocycles. The Morgan fingerprint density at radius 3 is 2.76 bits per heavy atom. The minimum absolute atomic E-state index is 0.717. The average Bonchev–Trinajstić information content (AvgIpc) is 2.75. The molecular weight excluding hydrogens is 232 g/mol. The molecule has 3 rings (SSSR count). The van der Waals surface area contributed by atoms with Gasteiger partial charge in [0.1, 0.15) is 5.82 Å². The van der Waals surface area contributed by atoms with E-state index in [4.69, 9.17) is 11.6 Å². The van der Waals surface area contributed by atoms with Crippen LogP contribution in [-0.2, 0) is 0 Å². The third-order valence-electron chi connectivity index (χ3n) is 2.77. The Bertz CT molecular complexity index is 653. The predicted molar refractivity (Wildman–Crippen MR) is 71.3 cm³/mol. The highest BCUT2D eigenvalue weighted by molar-refractivity contribution is 6.33. The molecule has 17 heavy (non-hydrogen) atoms. The van der Waals surface area contributed by atoms with E-state index < -0.39 is 0 Å². The topological polar surface area (TPSA) is 28.7 Å². The summed E-state index contributed by atoms with van der Waals surface area (Å²) in [7, 11) is 0. The van der Waals surface area contributed by atoms with Gasteiger partial charge in [-0.25, -0.2) is 4.98 Å². The number of benzene rings is 2. The molecule has 2 nitrogen and oxygen atoms in total. The Morgan fingerprint density at radius 1 is 1.12 bits per heavy atom. The Balaban J connectivity index is 2.23. The summed E-state index contributed by atoms with van der Waals surface area (Å²) in [6.45, 7) is 2.04. The van der Waals surface area contributed by atoms with Crippen molar-refractivity contribution in [2.24, 2.45) is 0 Å². The van der Waals surface area contributed by atoms with Crippen LogP contribution in [0, 0.1) is 6.92 Å². The molecule has 0 saturated heterocycles. The second-order valence-electron chi connectivity index (χ2n) is 4.09. The lowest BCUT2D eigenvalue weighted by atomic mass is 10.1. The van der Waals surface area contributed by atoms with Gasteiger partial charge in [0.25, 0.3) is 0 Å². The van der Waals surface area contributed by atoms with Crippen molar-refractivity contribution in [3.8, 4) is 11.4 Å². The van der Waals surface area contributed by atoms with Crippen molar-refractivity contribution in [3.63, 3.8) is 0 Å². The number of rotatable bonds is 1. The van der Waals surface area contributed by atoms with Crippen molar-refractivity contribution < 1.29 is 0 Å². The number of imidazole rings is 1. The van der Waals surface area contributed by atoms with Crippen molar-refractivity contribution >= 4 is 22.6 Å². The molecule has 1 heterocycles. The third-order valence-corrected chi connectivity index (χ3v) is 3.10. The Kier molecular flexibility index (Phi) is 2.37. The lowest BCUT2D eigenvalue weighted by Gasteiger charge is -2.01. The highest BCUT2D eigenvalue weighted by Gasteiger charge is 2.08. The van der Waals surface area contributed by atoms with Gasteiger partial charge in [-0.15, -0.1) is 0 Å². The SMILES string of the molecule is Cc1ccc(Cl)c(-c2nc3ccccc3[nH]2)c1. The molecule has 0 aliphatic heterocycles. The largest absolute Gasteiger partial charge is 0.338 e. The molecule has 2 aromatic carbocycles. The first-order valence-electron chi connectivity index (χ1n) is 5.45. The van der Waals surface area contributed by atoms with Crippen molar-refractivity contribution in [2.75, 3.05) is 0 Å². The van der Waals surface area contributed by atoms with E-state index in [9.17, 15) is 0 Å². The summed E-state index contributed by atoms with van der Waals surface area (Å²) in [5.41, 5.74) is 4.10. The molecule has 1 aromatic heterocycles.